The second-order valence-electron chi connectivity index (χ2n) is 9.34. The van der Waals surface area contributed by atoms with Crippen molar-refractivity contribution in [2.24, 2.45) is 22.7 Å². The lowest BCUT2D eigenvalue weighted by molar-refractivity contribution is -0.142. The molecule has 3 atom stereocenters. The number of furan rings is 1. The number of fused-ring (bicyclic) bond motifs is 1. The molecule has 1 aromatic rings. The van der Waals surface area contributed by atoms with Crippen molar-refractivity contribution in [3.63, 3.8) is 0 Å². The van der Waals surface area contributed by atoms with E-state index in [0.717, 1.165) is 36.5 Å². The molecule has 0 bridgehead atoms. The van der Waals surface area contributed by atoms with E-state index in [2.05, 4.69) is 27.4 Å². The molecule has 1 heterocycles. The van der Waals surface area contributed by atoms with Crippen molar-refractivity contribution < 1.29 is 13.9 Å². The Bertz CT molecular complexity index is 669. The van der Waals surface area contributed by atoms with E-state index in [1.807, 2.05) is 6.07 Å². The summed E-state index contributed by atoms with van der Waals surface area (Å²) in [6.45, 7) is 13.6. The average molecular weight is 359 g/mol. The Morgan fingerprint density at radius 3 is 2.85 bits per heavy atom. The largest absolute Gasteiger partial charge is 0.469 e. The number of carbonyl (C=O) groups is 1. The summed E-state index contributed by atoms with van der Waals surface area (Å²) in [7, 11) is 0. The van der Waals surface area contributed by atoms with E-state index in [-0.39, 0.29) is 5.97 Å². The van der Waals surface area contributed by atoms with Crippen LogP contribution in [0, 0.1) is 22.7 Å². The molecule has 3 rings (SSSR count). The molecule has 2 saturated carbocycles. The van der Waals surface area contributed by atoms with Crippen LogP contribution in [0.4, 0.5) is 0 Å². The van der Waals surface area contributed by atoms with Crippen molar-refractivity contribution in [2.45, 2.75) is 79.2 Å². The summed E-state index contributed by atoms with van der Waals surface area (Å²) in [4.78, 5) is 11.1. The Balaban J connectivity index is 1.73. The van der Waals surface area contributed by atoms with Crippen LogP contribution in [0.15, 0.2) is 28.9 Å². The van der Waals surface area contributed by atoms with Gasteiger partial charge in [-0.05, 0) is 60.8 Å². The normalized spacial score (nSPS) is 30.7. The third-order valence-corrected chi connectivity index (χ3v) is 7.25. The molecule has 144 valence electrons. The highest BCUT2D eigenvalue weighted by molar-refractivity contribution is 5.65. The van der Waals surface area contributed by atoms with Crippen molar-refractivity contribution in [2.75, 3.05) is 0 Å². The fourth-order valence-corrected chi connectivity index (χ4v) is 5.98. The molecule has 3 heteroatoms. The second kappa shape index (κ2) is 7.25. The zero-order chi connectivity index (χ0) is 18.9. The molecule has 0 N–H and O–H groups in total. The third-order valence-electron chi connectivity index (χ3n) is 7.25. The summed E-state index contributed by atoms with van der Waals surface area (Å²) in [5.41, 5.74) is 3.19. The van der Waals surface area contributed by atoms with Gasteiger partial charge in [-0.15, -0.1) is 0 Å². The Hall–Kier alpha value is -1.51. The number of hydrogen-bond donors (Lipinski definition) is 0. The summed E-state index contributed by atoms with van der Waals surface area (Å²) in [6.07, 6.45) is 10.1. The van der Waals surface area contributed by atoms with Crippen LogP contribution >= 0.6 is 0 Å². The van der Waals surface area contributed by atoms with Crippen molar-refractivity contribution in [1.82, 2.24) is 0 Å². The number of esters is 1. The highest BCUT2D eigenvalue weighted by Crippen LogP contribution is 2.61. The second-order valence-corrected chi connectivity index (χ2v) is 9.34. The average Bonchev–Trinajstić information content (AvgIpc) is 2.98. The number of carbonyl (C=O) groups excluding carboxylic acids is 1. The topological polar surface area (TPSA) is 39.4 Å². The molecular formula is C23H34O3. The van der Waals surface area contributed by atoms with Gasteiger partial charge in [-0.25, -0.2) is 0 Å². The number of rotatable bonds is 5. The van der Waals surface area contributed by atoms with Crippen LogP contribution in [-0.4, -0.2) is 5.97 Å². The van der Waals surface area contributed by atoms with Gasteiger partial charge < -0.3 is 9.15 Å². The zero-order valence-corrected chi connectivity index (χ0v) is 16.9. The van der Waals surface area contributed by atoms with Gasteiger partial charge in [0, 0.05) is 18.9 Å². The first-order valence-corrected chi connectivity index (χ1v) is 10.1. The summed E-state index contributed by atoms with van der Waals surface area (Å²) in [6, 6.07) is 1.92. The smallest absolute Gasteiger partial charge is 0.302 e. The van der Waals surface area contributed by atoms with E-state index >= 15 is 0 Å². The lowest BCUT2D eigenvalue weighted by Crippen LogP contribution is -2.49. The minimum absolute atomic E-state index is 0.252. The number of allylic oxidation sites excluding steroid dienone is 1. The first-order valence-electron chi connectivity index (χ1n) is 10.1. The molecule has 0 amide bonds. The predicted octanol–water partition coefficient (Wildman–Crippen LogP) is 6.07. The van der Waals surface area contributed by atoms with Gasteiger partial charge in [-0.2, -0.15) is 0 Å². The van der Waals surface area contributed by atoms with Gasteiger partial charge in [0.1, 0.15) is 12.4 Å². The van der Waals surface area contributed by atoms with Gasteiger partial charge >= 0.3 is 5.97 Å². The maximum atomic E-state index is 11.1. The summed E-state index contributed by atoms with van der Waals surface area (Å²) in [5, 5.41) is 0. The quantitative estimate of drug-likeness (QED) is 0.473. The van der Waals surface area contributed by atoms with Crippen LogP contribution in [0.5, 0.6) is 0 Å². The third kappa shape index (κ3) is 3.63. The molecular weight excluding hydrogens is 324 g/mol. The van der Waals surface area contributed by atoms with Crippen LogP contribution in [0.2, 0.25) is 0 Å². The Morgan fingerprint density at radius 1 is 1.35 bits per heavy atom. The predicted molar refractivity (Wildman–Crippen MR) is 104 cm³/mol. The van der Waals surface area contributed by atoms with E-state index in [9.17, 15) is 4.79 Å². The summed E-state index contributed by atoms with van der Waals surface area (Å²) in [5.74, 6) is 2.03. The molecule has 0 radical (unpaired) electrons. The van der Waals surface area contributed by atoms with Crippen LogP contribution in [-0.2, 0) is 22.6 Å². The van der Waals surface area contributed by atoms with Gasteiger partial charge in [0.25, 0.3) is 0 Å². The lowest BCUT2D eigenvalue weighted by Gasteiger charge is -2.58. The van der Waals surface area contributed by atoms with Crippen molar-refractivity contribution in [3.05, 3.63) is 35.8 Å². The highest BCUT2D eigenvalue weighted by atomic mass is 16.5. The van der Waals surface area contributed by atoms with Gasteiger partial charge in [0.2, 0.25) is 0 Å². The monoisotopic (exact) mass is 358 g/mol. The molecule has 2 aliphatic carbocycles. The Kier molecular flexibility index (Phi) is 5.37. The van der Waals surface area contributed by atoms with E-state index in [1.165, 1.54) is 38.2 Å². The maximum Gasteiger partial charge on any atom is 0.302 e. The number of hydrogen-bond acceptors (Lipinski definition) is 3. The molecule has 0 saturated heterocycles. The molecule has 2 fully saturated rings. The number of ether oxygens (including phenoxy) is 1. The van der Waals surface area contributed by atoms with Gasteiger partial charge in [-0.1, -0.05) is 39.3 Å². The van der Waals surface area contributed by atoms with Crippen LogP contribution in [0.1, 0.15) is 77.5 Å². The first-order chi connectivity index (χ1) is 12.2. The van der Waals surface area contributed by atoms with Gasteiger partial charge in [0.15, 0.2) is 0 Å². The molecule has 3 nitrogen and oxygen atoms in total. The molecule has 26 heavy (non-hydrogen) atoms. The van der Waals surface area contributed by atoms with Crippen molar-refractivity contribution in [3.8, 4) is 0 Å². The number of aryl methyl sites for hydroxylation is 1. The van der Waals surface area contributed by atoms with Gasteiger partial charge in [0.05, 0.1) is 6.26 Å². The molecule has 0 spiro atoms. The lowest BCUT2D eigenvalue weighted by atomic mass is 9.47. The highest BCUT2D eigenvalue weighted by Gasteiger charge is 2.52. The van der Waals surface area contributed by atoms with Crippen molar-refractivity contribution >= 4 is 5.97 Å². The zero-order valence-electron chi connectivity index (χ0n) is 16.9. The van der Waals surface area contributed by atoms with E-state index in [0.29, 0.717) is 23.4 Å². The molecule has 2 aliphatic rings. The standard InChI is InChI=1S/C23H34O3/c1-16-7-10-21-22(3,4)12-6-13-23(21,5)19(16)8-9-20-18(11-14-25-20)15-26-17(2)24/h11,14,19,21H,1,6-10,12-13,15H2,2-5H3. The first kappa shape index (κ1) is 19.3. The van der Waals surface area contributed by atoms with Gasteiger partial charge in [-0.3, -0.25) is 4.79 Å². The minimum Gasteiger partial charge on any atom is -0.469 e. The van der Waals surface area contributed by atoms with E-state index < -0.39 is 0 Å². The molecule has 3 unspecified atom stereocenters. The summed E-state index contributed by atoms with van der Waals surface area (Å²) >= 11 is 0. The molecule has 0 aromatic carbocycles. The minimum atomic E-state index is -0.252. The Morgan fingerprint density at radius 2 is 2.12 bits per heavy atom. The van der Waals surface area contributed by atoms with Crippen LogP contribution < -0.4 is 0 Å². The molecule has 0 aliphatic heterocycles. The fraction of sp³-hybridized carbons (Fsp3) is 0.696. The molecule has 1 aromatic heterocycles. The van der Waals surface area contributed by atoms with E-state index in [1.54, 1.807) is 6.26 Å². The maximum absolute atomic E-state index is 11.1. The summed E-state index contributed by atoms with van der Waals surface area (Å²) < 4.78 is 10.9. The fourth-order valence-electron chi connectivity index (χ4n) is 5.98. The van der Waals surface area contributed by atoms with E-state index in [4.69, 9.17) is 9.15 Å². The van der Waals surface area contributed by atoms with Crippen LogP contribution in [0.3, 0.4) is 0 Å². The van der Waals surface area contributed by atoms with Crippen LogP contribution in [0.25, 0.3) is 0 Å². The van der Waals surface area contributed by atoms with Crippen molar-refractivity contribution in [1.29, 1.82) is 0 Å². The SMILES string of the molecule is C=C1CCC2C(C)(C)CCCC2(C)C1CCc1occc1COC(C)=O. The Labute approximate surface area is 158 Å².